The molecule has 7 nitrogen and oxygen atoms in total. The maximum absolute atomic E-state index is 13.7. The number of carbonyl (C=O) groups excluding carboxylic acids is 2. The number of amides is 2. The molecule has 1 saturated heterocycles. The minimum absolute atomic E-state index is 0.0219. The van der Waals surface area contributed by atoms with E-state index in [-0.39, 0.29) is 29.1 Å². The first-order valence-corrected chi connectivity index (χ1v) is 13.5. The van der Waals surface area contributed by atoms with Crippen molar-refractivity contribution in [3.8, 4) is 5.75 Å². The van der Waals surface area contributed by atoms with Gasteiger partial charge in [0.05, 0.1) is 6.04 Å². The second kappa shape index (κ2) is 12.3. The smallest absolute Gasteiger partial charge is 0.406 e. The summed E-state index contributed by atoms with van der Waals surface area (Å²) in [6, 6.07) is 18.6. The van der Waals surface area contributed by atoms with Crippen molar-refractivity contribution in [2.75, 3.05) is 20.1 Å². The van der Waals surface area contributed by atoms with E-state index in [1.165, 1.54) is 17.7 Å². The molecule has 1 aliphatic heterocycles. The average Bonchev–Trinajstić information content (AvgIpc) is 3.16. The fourth-order valence-electron chi connectivity index (χ4n) is 5.02. The van der Waals surface area contributed by atoms with Crippen molar-refractivity contribution in [2.45, 2.75) is 57.6 Å². The highest BCUT2D eigenvalue weighted by Gasteiger charge is 2.44. The number of pyridine rings is 1. The van der Waals surface area contributed by atoms with E-state index in [0.29, 0.717) is 31.6 Å². The zero-order valence-corrected chi connectivity index (χ0v) is 23.6. The third kappa shape index (κ3) is 7.64. The number of likely N-dealkylation sites (N-methyl/N-ethyl adjacent to an activating group) is 1. The van der Waals surface area contributed by atoms with E-state index in [0.717, 1.165) is 11.1 Å². The number of carbonyl (C=O) groups is 2. The molecule has 0 aliphatic carbocycles. The highest BCUT2D eigenvalue weighted by atomic mass is 19.4. The predicted molar refractivity (Wildman–Crippen MR) is 149 cm³/mol. The molecule has 2 amide bonds. The van der Waals surface area contributed by atoms with Crippen molar-refractivity contribution < 1.29 is 27.5 Å². The molecule has 0 spiro atoms. The van der Waals surface area contributed by atoms with Gasteiger partial charge in [-0.05, 0) is 66.3 Å². The summed E-state index contributed by atoms with van der Waals surface area (Å²) in [5.74, 6) is -0.660. The topological polar surface area (TPSA) is 74.8 Å². The normalized spacial score (nSPS) is 18.0. The minimum Gasteiger partial charge on any atom is -0.406 e. The van der Waals surface area contributed by atoms with Gasteiger partial charge in [-0.25, -0.2) is 0 Å². The van der Waals surface area contributed by atoms with Crippen LogP contribution in [0.3, 0.4) is 0 Å². The molecule has 4 rings (SSSR count). The zero-order chi connectivity index (χ0) is 29.8. The Morgan fingerprint density at radius 2 is 1.68 bits per heavy atom. The van der Waals surface area contributed by atoms with Crippen molar-refractivity contribution >= 4 is 11.8 Å². The fraction of sp³-hybridized carbons (Fsp3) is 0.387. The Morgan fingerprint density at radius 1 is 1.00 bits per heavy atom. The number of hydrogen-bond acceptors (Lipinski definition) is 5. The average molecular weight is 569 g/mol. The van der Waals surface area contributed by atoms with E-state index in [1.54, 1.807) is 41.4 Å². The van der Waals surface area contributed by atoms with E-state index < -0.39 is 12.4 Å². The molecular weight excluding hydrogens is 533 g/mol. The summed E-state index contributed by atoms with van der Waals surface area (Å²) in [5, 5.41) is 2.85. The number of alkyl halides is 3. The first-order valence-electron chi connectivity index (χ1n) is 13.5. The molecule has 2 aromatic carbocycles. The number of halogens is 3. The van der Waals surface area contributed by atoms with Crippen LogP contribution in [0.4, 0.5) is 13.2 Å². The van der Waals surface area contributed by atoms with Gasteiger partial charge in [0.1, 0.15) is 17.6 Å². The molecule has 1 fully saturated rings. The zero-order valence-electron chi connectivity index (χ0n) is 23.6. The van der Waals surface area contributed by atoms with Crippen LogP contribution < -0.4 is 10.1 Å². The van der Waals surface area contributed by atoms with Crippen LogP contribution in [0.15, 0.2) is 72.9 Å². The van der Waals surface area contributed by atoms with Gasteiger partial charge in [0.25, 0.3) is 5.91 Å². The van der Waals surface area contributed by atoms with Crippen molar-refractivity contribution in [3.63, 3.8) is 0 Å². The fourth-order valence-corrected chi connectivity index (χ4v) is 5.02. The van der Waals surface area contributed by atoms with Crippen molar-refractivity contribution in [2.24, 2.45) is 0 Å². The summed E-state index contributed by atoms with van der Waals surface area (Å²) in [5.41, 5.74) is 3.20. The Bertz CT molecular complexity index is 1320. The number of ether oxygens (including phenoxy) is 1. The molecule has 2 atom stereocenters. The number of hydrogen-bond donors (Lipinski definition) is 1. The van der Waals surface area contributed by atoms with E-state index in [2.05, 4.69) is 47.9 Å². The maximum Gasteiger partial charge on any atom is 0.573 e. The van der Waals surface area contributed by atoms with Gasteiger partial charge < -0.3 is 15.0 Å². The monoisotopic (exact) mass is 568 g/mol. The first-order chi connectivity index (χ1) is 19.3. The van der Waals surface area contributed by atoms with Gasteiger partial charge in [0, 0.05) is 19.3 Å². The molecular formula is C31H35F3N4O3. The van der Waals surface area contributed by atoms with Crippen molar-refractivity contribution in [1.82, 2.24) is 20.1 Å². The summed E-state index contributed by atoms with van der Waals surface area (Å²) in [4.78, 5) is 34.0. The molecule has 3 aromatic rings. The summed E-state index contributed by atoms with van der Waals surface area (Å²) in [7, 11) is 1.90. The SMILES string of the molecule is CN1[C@@H](CCNC(=O)c2ccccn2)C(=O)N(CCc2ccc(OC(F)(F)F)cc2)[C@@H]1c1ccc(C(C)(C)C)cc1. The van der Waals surface area contributed by atoms with Gasteiger partial charge in [-0.2, -0.15) is 0 Å². The molecule has 0 saturated carbocycles. The van der Waals surface area contributed by atoms with Crippen LogP contribution >= 0.6 is 0 Å². The molecule has 218 valence electrons. The summed E-state index contributed by atoms with van der Waals surface area (Å²) in [6.45, 7) is 7.07. The Balaban J connectivity index is 1.49. The van der Waals surface area contributed by atoms with Crippen LogP contribution in [0.25, 0.3) is 0 Å². The number of benzene rings is 2. The van der Waals surface area contributed by atoms with Crippen molar-refractivity contribution in [1.29, 1.82) is 0 Å². The van der Waals surface area contributed by atoms with E-state index in [4.69, 9.17) is 0 Å². The lowest BCUT2D eigenvalue weighted by Crippen LogP contribution is -2.36. The quantitative estimate of drug-likeness (QED) is 0.370. The summed E-state index contributed by atoms with van der Waals surface area (Å²) >= 11 is 0. The van der Waals surface area contributed by atoms with Crippen LogP contribution in [0.2, 0.25) is 0 Å². The van der Waals surface area contributed by atoms with Gasteiger partial charge >= 0.3 is 6.36 Å². The van der Waals surface area contributed by atoms with E-state index in [1.807, 2.05) is 24.1 Å². The molecule has 0 bridgehead atoms. The first kappa shape index (κ1) is 30.0. The highest BCUT2D eigenvalue weighted by Crippen LogP contribution is 2.35. The molecule has 0 unspecified atom stereocenters. The van der Waals surface area contributed by atoms with Crippen LogP contribution in [0.5, 0.6) is 5.75 Å². The van der Waals surface area contributed by atoms with Crippen LogP contribution in [0, 0.1) is 0 Å². The molecule has 1 N–H and O–H groups in total. The van der Waals surface area contributed by atoms with Crippen LogP contribution in [-0.2, 0) is 16.6 Å². The standard InChI is InChI=1S/C31H35F3N4O3/c1-30(2,3)23-12-10-22(11-13-23)28-37(4)26(16-19-36-27(39)25-7-5-6-18-35-25)29(40)38(28)20-17-21-8-14-24(15-9-21)41-31(32,33)34/h5-15,18,26,28H,16-17,19-20H2,1-4H3,(H,36,39)/t26-,28+/m0/s1. The predicted octanol–water partition coefficient (Wildman–Crippen LogP) is 5.48. The highest BCUT2D eigenvalue weighted by molar-refractivity contribution is 5.92. The van der Waals surface area contributed by atoms with Gasteiger partial charge in [-0.15, -0.1) is 13.2 Å². The Labute approximate surface area is 238 Å². The molecule has 2 heterocycles. The van der Waals surface area contributed by atoms with Crippen LogP contribution in [-0.4, -0.2) is 59.1 Å². The number of aromatic nitrogens is 1. The molecule has 1 aliphatic rings. The van der Waals surface area contributed by atoms with Gasteiger partial charge in [-0.3, -0.25) is 19.5 Å². The molecule has 0 radical (unpaired) electrons. The Morgan fingerprint density at radius 3 is 2.27 bits per heavy atom. The third-order valence-corrected chi connectivity index (χ3v) is 7.21. The summed E-state index contributed by atoms with van der Waals surface area (Å²) < 4.78 is 41.5. The number of rotatable bonds is 9. The van der Waals surface area contributed by atoms with E-state index >= 15 is 0 Å². The minimum atomic E-state index is -4.75. The number of nitrogens with zero attached hydrogens (tertiary/aromatic N) is 3. The van der Waals surface area contributed by atoms with Gasteiger partial charge in [0.15, 0.2) is 0 Å². The lowest BCUT2D eigenvalue weighted by Gasteiger charge is -2.30. The largest absolute Gasteiger partial charge is 0.573 e. The maximum atomic E-state index is 13.7. The lowest BCUT2D eigenvalue weighted by atomic mass is 9.86. The lowest BCUT2D eigenvalue weighted by molar-refractivity contribution is -0.274. The second-order valence-electron chi connectivity index (χ2n) is 11.2. The number of nitrogens with one attached hydrogen (secondary N) is 1. The Hall–Kier alpha value is -3.92. The summed E-state index contributed by atoms with van der Waals surface area (Å²) in [6.07, 6.45) is -2.68. The Kier molecular flexibility index (Phi) is 9.01. The molecule has 41 heavy (non-hydrogen) atoms. The van der Waals surface area contributed by atoms with Crippen molar-refractivity contribution in [3.05, 3.63) is 95.3 Å². The third-order valence-electron chi connectivity index (χ3n) is 7.21. The molecule has 1 aromatic heterocycles. The molecule has 10 heteroatoms. The van der Waals surface area contributed by atoms with Gasteiger partial charge in [-0.1, -0.05) is 63.2 Å². The van der Waals surface area contributed by atoms with Crippen LogP contribution in [0.1, 0.15) is 60.5 Å². The second-order valence-corrected chi connectivity index (χ2v) is 11.2. The van der Waals surface area contributed by atoms with Gasteiger partial charge in [0.2, 0.25) is 5.91 Å². The van der Waals surface area contributed by atoms with E-state index in [9.17, 15) is 22.8 Å².